The average molecular weight is 400 g/mol. The molecule has 2 nitrogen and oxygen atoms in total. The monoisotopic (exact) mass is 397 g/mol. The van der Waals surface area contributed by atoms with Crippen LogP contribution in [-0.4, -0.2) is 13.2 Å². The molecule has 0 aliphatic rings. The lowest BCUT2D eigenvalue weighted by atomic mass is 10.3. The second kappa shape index (κ2) is 6.68. The van der Waals surface area contributed by atoms with Crippen molar-refractivity contribution in [1.29, 1.82) is 0 Å². The van der Waals surface area contributed by atoms with Crippen LogP contribution >= 0.6 is 47.8 Å². The van der Waals surface area contributed by atoms with Crippen LogP contribution in [0.25, 0.3) is 0 Å². The topological polar surface area (TPSA) is 35.2 Å². The van der Waals surface area contributed by atoms with Gasteiger partial charge in [-0.05, 0) is 44.0 Å². The largest absolute Gasteiger partial charge is 0.487 e. The molecular formula is C10H10Br3NO. The molecule has 0 saturated carbocycles. The highest BCUT2D eigenvalue weighted by Crippen LogP contribution is 2.36. The van der Waals surface area contributed by atoms with E-state index in [0.29, 0.717) is 13.2 Å². The maximum Gasteiger partial charge on any atom is 0.148 e. The molecule has 0 atom stereocenters. The van der Waals surface area contributed by atoms with Gasteiger partial charge in [0.1, 0.15) is 12.4 Å². The summed E-state index contributed by atoms with van der Waals surface area (Å²) in [5, 5.41) is 0. The van der Waals surface area contributed by atoms with Crippen molar-refractivity contribution in [3.05, 3.63) is 37.7 Å². The molecule has 1 aromatic carbocycles. The second-order valence-corrected chi connectivity index (χ2v) is 5.34. The van der Waals surface area contributed by atoms with Gasteiger partial charge in [0.2, 0.25) is 0 Å². The molecule has 82 valence electrons. The average Bonchev–Trinajstić information content (AvgIpc) is 2.15. The molecule has 0 radical (unpaired) electrons. The molecule has 15 heavy (non-hydrogen) atoms. The first-order chi connectivity index (χ1) is 7.15. The fourth-order valence-corrected chi connectivity index (χ4v) is 3.45. The predicted octanol–water partition coefficient (Wildman–Crippen LogP) is 3.87. The van der Waals surface area contributed by atoms with Crippen LogP contribution in [0.15, 0.2) is 37.7 Å². The summed E-state index contributed by atoms with van der Waals surface area (Å²) in [4.78, 5) is 0. The van der Waals surface area contributed by atoms with Crippen molar-refractivity contribution in [2.24, 2.45) is 5.73 Å². The molecule has 0 saturated heterocycles. The number of ether oxygens (including phenoxy) is 1. The lowest BCUT2D eigenvalue weighted by Gasteiger charge is -2.08. The number of halogens is 3. The Kier molecular flexibility index (Phi) is 5.89. The Labute approximate surface area is 114 Å². The van der Waals surface area contributed by atoms with E-state index in [-0.39, 0.29) is 0 Å². The summed E-state index contributed by atoms with van der Waals surface area (Å²) >= 11 is 10.3. The van der Waals surface area contributed by atoms with Gasteiger partial charge in [-0.2, -0.15) is 0 Å². The summed E-state index contributed by atoms with van der Waals surface area (Å²) in [6.45, 7) is 1.04. The van der Waals surface area contributed by atoms with Crippen molar-refractivity contribution in [2.45, 2.75) is 0 Å². The minimum Gasteiger partial charge on any atom is -0.487 e. The summed E-state index contributed by atoms with van der Waals surface area (Å²) in [6, 6.07) is 3.87. The molecule has 0 unspecified atom stereocenters. The van der Waals surface area contributed by atoms with Gasteiger partial charge in [-0.25, -0.2) is 0 Å². The highest BCUT2D eigenvalue weighted by molar-refractivity contribution is 9.11. The van der Waals surface area contributed by atoms with E-state index in [9.17, 15) is 0 Å². The van der Waals surface area contributed by atoms with Gasteiger partial charge in [0.15, 0.2) is 0 Å². The van der Waals surface area contributed by atoms with Gasteiger partial charge >= 0.3 is 0 Å². The smallest absolute Gasteiger partial charge is 0.148 e. The van der Waals surface area contributed by atoms with Crippen LogP contribution in [0, 0.1) is 0 Å². The standard InChI is InChI=1S/C10H10Br3NO/c11-7-5-8(12)10(9(13)6-7)15-4-2-1-3-14/h1-2,5-6H,3-4,14H2. The highest BCUT2D eigenvalue weighted by Gasteiger charge is 2.06. The molecule has 0 amide bonds. The van der Waals surface area contributed by atoms with E-state index in [4.69, 9.17) is 10.5 Å². The Bertz CT molecular complexity index is 343. The van der Waals surface area contributed by atoms with Gasteiger partial charge < -0.3 is 10.5 Å². The van der Waals surface area contributed by atoms with Crippen molar-refractivity contribution in [3.8, 4) is 5.75 Å². The lowest BCUT2D eigenvalue weighted by molar-refractivity contribution is 0.358. The van der Waals surface area contributed by atoms with Crippen LogP contribution in [0.3, 0.4) is 0 Å². The Morgan fingerprint density at radius 1 is 1.13 bits per heavy atom. The van der Waals surface area contributed by atoms with E-state index in [1.807, 2.05) is 24.3 Å². The number of nitrogens with two attached hydrogens (primary N) is 1. The van der Waals surface area contributed by atoms with Crippen LogP contribution in [0.1, 0.15) is 0 Å². The van der Waals surface area contributed by atoms with Crippen LogP contribution in [0.5, 0.6) is 5.75 Å². The number of hydrogen-bond donors (Lipinski definition) is 1. The molecule has 1 aromatic rings. The van der Waals surface area contributed by atoms with E-state index in [1.165, 1.54) is 0 Å². The fraction of sp³-hybridized carbons (Fsp3) is 0.200. The summed E-state index contributed by atoms with van der Waals surface area (Å²) < 4.78 is 8.37. The number of rotatable bonds is 4. The second-order valence-electron chi connectivity index (χ2n) is 2.72. The zero-order chi connectivity index (χ0) is 11.3. The molecule has 5 heteroatoms. The Morgan fingerprint density at radius 3 is 2.27 bits per heavy atom. The SMILES string of the molecule is NCC=CCOc1c(Br)cc(Br)cc1Br. The summed E-state index contributed by atoms with van der Waals surface area (Å²) in [7, 11) is 0. The quantitative estimate of drug-likeness (QED) is 0.780. The zero-order valence-electron chi connectivity index (χ0n) is 7.84. The first kappa shape index (κ1) is 13.2. The van der Waals surface area contributed by atoms with E-state index in [0.717, 1.165) is 19.2 Å². The Hall–Kier alpha value is 0.160. The Balaban J connectivity index is 2.72. The summed E-state index contributed by atoms with van der Waals surface area (Å²) in [6.07, 6.45) is 3.75. The molecule has 0 fully saturated rings. The summed E-state index contributed by atoms with van der Waals surface area (Å²) in [5.74, 6) is 0.792. The van der Waals surface area contributed by atoms with Gasteiger partial charge in [0.05, 0.1) is 8.95 Å². The minimum absolute atomic E-state index is 0.510. The van der Waals surface area contributed by atoms with Crippen molar-refractivity contribution >= 4 is 47.8 Å². The molecule has 0 spiro atoms. The van der Waals surface area contributed by atoms with Crippen LogP contribution in [-0.2, 0) is 0 Å². The maximum atomic E-state index is 5.57. The molecule has 0 heterocycles. The van der Waals surface area contributed by atoms with Crippen molar-refractivity contribution in [2.75, 3.05) is 13.2 Å². The van der Waals surface area contributed by atoms with Crippen molar-refractivity contribution in [3.63, 3.8) is 0 Å². The maximum absolute atomic E-state index is 5.57. The third-order valence-electron chi connectivity index (χ3n) is 1.59. The molecule has 1 rings (SSSR count). The van der Waals surface area contributed by atoms with Gasteiger partial charge in [-0.15, -0.1) is 0 Å². The lowest BCUT2D eigenvalue weighted by Crippen LogP contribution is -1.98. The fourth-order valence-electron chi connectivity index (χ4n) is 0.963. The van der Waals surface area contributed by atoms with Crippen molar-refractivity contribution in [1.82, 2.24) is 0 Å². The normalized spacial score (nSPS) is 10.9. The van der Waals surface area contributed by atoms with Crippen LogP contribution < -0.4 is 10.5 Å². The van der Waals surface area contributed by atoms with Crippen molar-refractivity contribution < 1.29 is 4.74 Å². The molecular weight excluding hydrogens is 390 g/mol. The third kappa shape index (κ3) is 4.26. The molecule has 0 aliphatic heterocycles. The predicted molar refractivity (Wildman–Crippen MR) is 73.2 cm³/mol. The Morgan fingerprint density at radius 2 is 1.73 bits per heavy atom. The molecule has 0 bridgehead atoms. The first-order valence-corrected chi connectivity index (χ1v) is 6.65. The number of hydrogen-bond acceptors (Lipinski definition) is 2. The van der Waals surface area contributed by atoms with Gasteiger partial charge in [-0.1, -0.05) is 28.1 Å². The van der Waals surface area contributed by atoms with Crippen LogP contribution in [0.4, 0.5) is 0 Å². The van der Waals surface area contributed by atoms with E-state index < -0.39 is 0 Å². The van der Waals surface area contributed by atoms with Gasteiger partial charge in [0.25, 0.3) is 0 Å². The molecule has 0 aromatic heterocycles. The number of benzene rings is 1. The summed E-state index contributed by atoms with van der Waals surface area (Å²) in [5.41, 5.74) is 5.32. The zero-order valence-corrected chi connectivity index (χ0v) is 12.6. The van der Waals surface area contributed by atoms with E-state index in [1.54, 1.807) is 0 Å². The van der Waals surface area contributed by atoms with E-state index >= 15 is 0 Å². The molecule has 0 aliphatic carbocycles. The first-order valence-electron chi connectivity index (χ1n) is 4.27. The molecule has 2 N–H and O–H groups in total. The highest BCUT2D eigenvalue weighted by atomic mass is 79.9. The minimum atomic E-state index is 0.510. The van der Waals surface area contributed by atoms with Crippen LogP contribution in [0.2, 0.25) is 0 Å². The van der Waals surface area contributed by atoms with Gasteiger partial charge in [0, 0.05) is 11.0 Å². The third-order valence-corrected chi connectivity index (χ3v) is 3.23. The van der Waals surface area contributed by atoms with Gasteiger partial charge in [-0.3, -0.25) is 0 Å². The van der Waals surface area contributed by atoms with E-state index in [2.05, 4.69) is 47.8 Å².